The van der Waals surface area contributed by atoms with E-state index in [4.69, 9.17) is 11.5 Å². The van der Waals surface area contributed by atoms with E-state index in [0.717, 1.165) is 0 Å². The molecule has 0 bridgehead atoms. The van der Waals surface area contributed by atoms with Gasteiger partial charge in [-0.2, -0.15) is 0 Å². The van der Waals surface area contributed by atoms with Crippen LogP contribution in [-0.2, 0) is 9.63 Å². The van der Waals surface area contributed by atoms with Crippen molar-refractivity contribution in [1.82, 2.24) is 5.06 Å². The third-order valence-corrected chi connectivity index (χ3v) is 1.10. The third kappa shape index (κ3) is 1.88. The molecule has 0 radical (unpaired) electrons. The highest BCUT2D eigenvalue weighted by Gasteiger charge is 2.33. The van der Waals surface area contributed by atoms with Gasteiger partial charge in [0.05, 0.1) is 6.61 Å². The van der Waals surface area contributed by atoms with Gasteiger partial charge in [0.1, 0.15) is 6.04 Å². The number of amides is 3. The molecule has 1 atom stereocenters. The Kier molecular flexibility index (Phi) is 3.43. The van der Waals surface area contributed by atoms with Crippen LogP contribution in [0, 0.1) is 0 Å². The number of halogens is 1. The summed E-state index contributed by atoms with van der Waals surface area (Å²) in [7, 11) is 0. The topological polar surface area (TPSA) is 98.7 Å². The van der Waals surface area contributed by atoms with Crippen molar-refractivity contribution in [2.45, 2.75) is 6.04 Å². The van der Waals surface area contributed by atoms with Gasteiger partial charge in [-0.25, -0.2) is 4.79 Å². The van der Waals surface area contributed by atoms with Crippen LogP contribution in [0.4, 0.5) is 4.79 Å². The molecule has 1 saturated heterocycles. The predicted molar refractivity (Wildman–Crippen MR) is 40.7 cm³/mol. The second-order valence-electron chi connectivity index (χ2n) is 1.87. The lowest BCUT2D eigenvalue weighted by molar-refractivity contribution is -0.146. The maximum absolute atomic E-state index is 10.7. The van der Waals surface area contributed by atoms with Gasteiger partial charge in [0.25, 0.3) is 5.91 Å². The molecule has 1 unspecified atom stereocenters. The molecule has 1 aliphatic heterocycles. The number of hydrogen-bond acceptors (Lipinski definition) is 4. The normalized spacial score (nSPS) is 23.2. The van der Waals surface area contributed by atoms with E-state index >= 15 is 0 Å². The minimum atomic E-state index is -0.932. The number of nitrogens with zero attached hydrogens (tertiary/aromatic N) is 1. The van der Waals surface area contributed by atoms with E-state index in [1.54, 1.807) is 0 Å². The summed E-state index contributed by atoms with van der Waals surface area (Å²) in [4.78, 5) is 25.5. The lowest BCUT2D eigenvalue weighted by Gasteiger charge is -2.06. The Balaban J connectivity index is 0.000001000. The third-order valence-electron chi connectivity index (χ3n) is 1.10. The minimum absolute atomic E-state index is 0. The van der Waals surface area contributed by atoms with Crippen molar-refractivity contribution in [3.05, 3.63) is 0 Å². The fourth-order valence-electron chi connectivity index (χ4n) is 0.613. The number of imide groups is 1. The van der Waals surface area contributed by atoms with Gasteiger partial charge in [-0.15, -0.1) is 22.0 Å². The van der Waals surface area contributed by atoms with E-state index in [1.165, 1.54) is 0 Å². The van der Waals surface area contributed by atoms with Gasteiger partial charge in [0, 0.05) is 0 Å². The van der Waals surface area contributed by atoms with E-state index in [1.807, 2.05) is 0 Å². The zero-order chi connectivity index (χ0) is 7.72. The van der Waals surface area contributed by atoms with E-state index < -0.39 is 18.0 Å². The summed E-state index contributed by atoms with van der Waals surface area (Å²) in [5.41, 5.74) is 9.92. The summed E-state index contributed by atoms with van der Waals surface area (Å²) in [6.45, 7) is 0.0156. The molecule has 3 amide bonds. The van der Waals surface area contributed by atoms with Crippen molar-refractivity contribution < 1.29 is 14.4 Å². The average Bonchev–Trinajstić information content (AvgIpc) is 2.14. The Labute approximate surface area is 73.2 Å². The smallest absolute Gasteiger partial charge is 0.346 e. The maximum atomic E-state index is 10.7. The first kappa shape index (κ1) is 10.3. The van der Waals surface area contributed by atoms with Gasteiger partial charge in [0.2, 0.25) is 0 Å². The number of carbonyl (C=O) groups is 2. The molecule has 1 rings (SSSR count). The fraction of sp³-hybridized carbons (Fsp3) is 0.500. The molecule has 0 aliphatic carbocycles. The molecule has 11 heavy (non-hydrogen) atoms. The number of primary amides is 1. The first-order chi connectivity index (χ1) is 4.63. The largest absolute Gasteiger partial charge is 0.349 e. The Bertz CT molecular complexity index is 185. The van der Waals surface area contributed by atoms with Crippen LogP contribution >= 0.6 is 17.0 Å². The Morgan fingerprint density at radius 2 is 2.27 bits per heavy atom. The summed E-state index contributed by atoms with van der Waals surface area (Å²) >= 11 is 0. The van der Waals surface area contributed by atoms with Crippen LogP contribution in [0.25, 0.3) is 0 Å². The molecule has 1 heterocycles. The molecule has 6 nitrogen and oxygen atoms in total. The minimum Gasteiger partial charge on any atom is -0.349 e. The molecule has 1 fully saturated rings. The summed E-state index contributed by atoms with van der Waals surface area (Å²) < 4.78 is 0. The number of carbonyl (C=O) groups excluding carboxylic acids is 2. The molecule has 0 spiro atoms. The van der Waals surface area contributed by atoms with Crippen molar-refractivity contribution in [3.63, 3.8) is 0 Å². The molecule has 1 aliphatic rings. The van der Waals surface area contributed by atoms with Gasteiger partial charge in [-0.1, -0.05) is 0 Å². The van der Waals surface area contributed by atoms with Crippen molar-refractivity contribution in [3.8, 4) is 0 Å². The first-order valence-electron chi connectivity index (χ1n) is 2.65. The predicted octanol–water partition coefficient (Wildman–Crippen LogP) is -1.26. The molecule has 0 aromatic carbocycles. The molecular weight excluding hydrogens is 218 g/mol. The number of hydroxylamine groups is 2. The molecule has 0 saturated carbocycles. The van der Waals surface area contributed by atoms with Crippen molar-refractivity contribution in [2.75, 3.05) is 6.61 Å². The number of nitrogens with two attached hydrogens (primary N) is 2. The van der Waals surface area contributed by atoms with Crippen LogP contribution in [0.15, 0.2) is 0 Å². The Morgan fingerprint density at radius 1 is 1.73 bits per heavy atom. The summed E-state index contributed by atoms with van der Waals surface area (Å²) in [6, 6.07) is -1.69. The highest BCUT2D eigenvalue weighted by atomic mass is 79.9. The monoisotopic (exact) mass is 225 g/mol. The summed E-state index contributed by atoms with van der Waals surface area (Å²) in [6.07, 6.45) is 0. The van der Waals surface area contributed by atoms with Gasteiger partial charge in [-0.05, 0) is 0 Å². The lowest BCUT2D eigenvalue weighted by Crippen LogP contribution is -2.40. The molecule has 7 heteroatoms. The quantitative estimate of drug-likeness (QED) is 0.538. The van der Waals surface area contributed by atoms with E-state index in [-0.39, 0.29) is 23.6 Å². The maximum Gasteiger partial charge on any atom is 0.346 e. The van der Waals surface area contributed by atoms with Crippen LogP contribution in [-0.4, -0.2) is 29.7 Å². The van der Waals surface area contributed by atoms with Crippen LogP contribution in [0.2, 0.25) is 0 Å². The molecule has 0 aromatic rings. The summed E-state index contributed by atoms with van der Waals surface area (Å²) in [5.74, 6) is -0.590. The fourth-order valence-corrected chi connectivity index (χ4v) is 0.613. The van der Waals surface area contributed by atoms with Crippen molar-refractivity contribution in [1.29, 1.82) is 0 Å². The number of hydrogen-bond donors (Lipinski definition) is 2. The van der Waals surface area contributed by atoms with Crippen LogP contribution in [0.5, 0.6) is 0 Å². The summed E-state index contributed by atoms with van der Waals surface area (Å²) in [5, 5.41) is 0.463. The first-order valence-corrected chi connectivity index (χ1v) is 2.65. The standard InChI is InChI=1S/C4H7N3O3.BrH/c5-2-1-10-7(3(2)8)4(6)9;/h2H,1,5H2,(H2,6,9);1H. The Hall–Kier alpha value is -0.660. The Morgan fingerprint density at radius 3 is 2.45 bits per heavy atom. The second-order valence-corrected chi connectivity index (χ2v) is 1.87. The van der Waals surface area contributed by atoms with E-state index in [2.05, 4.69) is 4.84 Å². The molecular formula is C4H8BrN3O3. The SMILES string of the molecule is Br.NC(=O)N1OCC(N)C1=O. The van der Waals surface area contributed by atoms with Crippen molar-refractivity contribution >= 4 is 28.9 Å². The second kappa shape index (κ2) is 3.65. The zero-order valence-electron chi connectivity index (χ0n) is 5.52. The van der Waals surface area contributed by atoms with E-state index in [0.29, 0.717) is 5.06 Å². The number of urea groups is 1. The highest BCUT2D eigenvalue weighted by Crippen LogP contribution is 2.04. The van der Waals surface area contributed by atoms with Crippen LogP contribution in [0.3, 0.4) is 0 Å². The van der Waals surface area contributed by atoms with Gasteiger partial charge in [0.15, 0.2) is 0 Å². The van der Waals surface area contributed by atoms with Crippen molar-refractivity contribution in [2.24, 2.45) is 11.5 Å². The highest BCUT2D eigenvalue weighted by molar-refractivity contribution is 8.93. The van der Waals surface area contributed by atoms with Crippen LogP contribution < -0.4 is 11.5 Å². The van der Waals surface area contributed by atoms with Gasteiger partial charge in [-0.3, -0.25) is 9.63 Å². The molecule has 4 N–H and O–H groups in total. The molecule has 0 aromatic heterocycles. The van der Waals surface area contributed by atoms with Gasteiger partial charge < -0.3 is 11.5 Å². The molecule has 64 valence electrons. The zero-order valence-corrected chi connectivity index (χ0v) is 7.23. The van der Waals surface area contributed by atoms with Gasteiger partial charge >= 0.3 is 6.03 Å². The van der Waals surface area contributed by atoms with E-state index in [9.17, 15) is 9.59 Å². The van der Waals surface area contributed by atoms with Crippen LogP contribution in [0.1, 0.15) is 0 Å². The number of rotatable bonds is 0. The average molecular weight is 226 g/mol. The lowest BCUT2D eigenvalue weighted by atomic mass is 10.3.